The molecule has 5 amide bonds. The molecule has 1 fully saturated rings. The number of hydrogen-bond acceptors (Lipinski definition) is 8. The van der Waals surface area contributed by atoms with E-state index in [2.05, 4.69) is 26.6 Å². The van der Waals surface area contributed by atoms with Crippen molar-refractivity contribution in [2.75, 3.05) is 6.54 Å². The maximum atomic E-state index is 13.8. The predicted octanol–water partition coefficient (Wildman–Crippen LogP) is 2.39. The van der Waals surface area contributed by atoms with Crippen molar-refractivity contribution in [2.45, 2.75) is 122 Å². The first-order valence-corrected chi connectivity index (χ1v) is 18.1. The maximum absolute atomic E-state index is 13.8. The SMILES string of the molecule is CCCC(NC(=O)[C@H](CC(C)C)NC(=O)[C@@H](NC(=O)CC(C)CCC(=O)O)C1CCCCC1)C(=O)C(=O)NCC(=O)N[C@H](C(=O)O)c1ccccc1. The Hall–Kier alpha value is -4.82. The summed E-state index contributed by atoms with van der Waals surface area (Å²) in [5.41, 5.74) is 0.314. The van der Waals surface area contributed by atoms with Crippen LogP contribution in [0.15, 0.2) is 30.3 Å². The lowest BCUT2D eigenvalue weighted by Crippen LogP contribution is -2.58. The van der Waals surface area contributed by atoms with E-state index in [4.69, 9.17) is 5.11 Å². The molecule has 1 aliphatic rings. The molecule has 7 N–H and O–H groups in total. The fraction of sp³-hybridized carbons (Fsp3) is 0.622. The number of ketones is 1. The van der Waals surface area contributed by atoms with Crippen LogP contribution >= 0.6 is 0 Å². The van der Waals surface area contributed by atoms with Gasteiger partial charge in [-0.15, -0.1) is 0 Å². The highest BCUT2D eigenvalue weighted by atomic mass is 16.4. The lowest BCUT2D eigenvalue weighted by atomic mass is 9.83. The number of rotatable bonds is 22. The topological polar surface area (TPSA) is 237 Å². The summed E-state index contributed by atoms with van der Waals surface area (Å²) in [6.45, 7) is 6.54. The zero-order valence-corrected chi connectivity index (χ0v) is 30.6. The summed E-state index contributed by atoms with van der Waals surface area (Å²) in [4.78, 5) is 102. The van der Waals surface area contributed by atoms with Crippen molar-refractivity contribution in [2.24, 2.45) is 17.8 Å². The van der Waals surface area contributed by atoms with Crippen LogP contribution in [0.4, 0.5) is 0 Å². The zero-order valence-electron chi connectivity index (χ0n) is 30.6. The van der Waals surface area contributed by atoms with Crippen molar-refractivity contribution >= 4 is 47.3 Å². The molecular weight excluding hydrogens is 674 g/mol. The highest BCUT2D eigenvalue weighted by Gasteiger charge is 2.35. The van der Waals surface area contributed by atoms with Gasteiger partial charge in [0, 0.05) is 12.8 Å². The van der Waals surface area contributed by atoms with Crippen molar-refractivity contribution < 1.29 is 48.6 Å². The molecule has 288 valence electrons. The lowest BCUT2D eigenvalue weighted by Gasteiger charge is -2.32. The Morgan fingerprint density at radius 1 is 0.769 bits per heavy atom. The molecule has 52 heavy (non-hydrogen) atoms. The zero-order chi connectivity index (χ0) is 38.8. The second-order valence-corrected chi connectivity index (χ2v) is 14.0. The molecule has 0 radical (unpaired) electrons. The third kappa shape index (κ3) is 15.2. The van der Waals surface area contributed by atoms with Gasteiger partial charge in [-0.05, 0) is 55.4 Å². The number of carboxylic acids is 2. The van der Waals surface area contributed by atoms with E-state index in [0.717, 1.165) is 19.3 Å². The third-order valence-corrected chi connectivity index (χ3v) is 8.97. The average Bonchev–Trinajstić information content (AvgIpc) is 3.10. The monoisotopic (exact) mass is 729 g/mol. The summed E-state index contributed by atoms with van der Waals surface area (Å²) in [5, 5.41) is 31.3. The van der Waals surface area contributed by atoms with E-state index in [1.807, 2.05) is 13.8 Å². The van der Waals surface area contributed by atoms with E-state index in [9.17, 15) is 43.5 Å². The molecule has 0 aliphatic heterocycles. The Bertz CT molecular complexity index is 1400. The summed E-state index contributed by atoms with van der Waals surface area (Å²) in [7, 11) is 0. The second kappa shape index (κ2) is 22.2. The largest absolute Gasteiger partial charge is 0.481 e. The van der Waals surface area contributed by atoms with Gasteiger partial charge < -0.3 is 36.8 Å². The number of carbonyl (C=O) groups excluding carboxylic acids is 6. The summed E-state index contributed by atoms with van der Waals surface area (Å²) in [5.74, 6) is -7.36. The summed E-state index contributed by atoms with van der Waals surface area (Å²) in [6, 6.07) is 3.28. The van der Waals surface area contributed by atoms with Crippen LogP contribution in [-0.2, 0) is 38.4 Å². The molecule has 2 rings (SSSR count). The molecule has 2 unspecified atom stereocenters. The highest BCUT2D eigenvalue weighted by molar-refractivity contribution is 6.38. The Labute approximate surface area is 304 Å². The molecule has 15 nitrogen and oxygen atoms in total. The number of aliphatic carboxylic acids is 2. The molecule has 1 aromatic rings. The van der Waals surface area contributed by atoms with Crippen molar-refractivity contribution in [3.8, 4) is 0 Å². The first kappa shape index (κ1) is 43.3. The summed E-state index contributed by atoms with van der Waals surface area (Å²) in [6.07, 6.45) is 5.14. The molecule has 1 aromatic carbocycles. The van der Waals surface area contributed by atoms with E-state index in [1.54, 1.807) is 32.0 Å². The van der Waals surface area contributed by atoms with E-state index in [-0.39, 0.29) is 49.3 Å². The van der Waals surface area contributed by atoms with Gasteiger partial charge in [0.1, 0.15) is 12.1 Å². The van der Waals surface area contributed by atoms with E-state index < -0.39 is 72.1 Å². The van der Waals surface area contributed by atoms with Crippen LogP contribution in [0.2, 0.25) is 0 Å². The van der Waals surface area contributed by atoms with Crippen LogP contribution in [0.5, 0.6) is 0 Å². The van der Waals surface area contributed by atoms with Crippen LogP contribution in [-0.4, -0.2) is 82.1 Å². The minimum atomic E-state index is -1.38. The van der Waals surface area contributed by atoms with Crippen LogP contribution < -0.4 is 26.6 Å². The number of amides is 5. The smallest absolute Gasteiger partial charge is 0.330 e. The molecule has 0 spiro atoms. The fourth-order valence-electron chi connectivity index (χ4n) is 6.23. The Kier molecular flexibility index (Phi) is 18.5. The van der Waals surface area contributed by atoms with Crippen molar-refractivity contribution in [3.05, 3.63) is 35.9 Å². The molecule has 1 saturated carbocycles. The molecule has 0 heterocycles. The Morgan fingerprint density at radius 3 is 1.98 bits per heavy atom. The van der Waals surface area contributed by atoms with Crippen LogP contribution in [0.3, 0.4) is 0 Å². The molecule has 5 atom stereocenters. The average molecular weight is 730 g/mol. The van der Waals surface area contributed by atoms with Gasteiger partial charge in [-0.3, -0.25) is 33.6 Å². The van der Waals surface area contributed by atoms with E-state index in [0.29, 0.717) is 31.2 Å². The molecular formula is C37H55N5O10. The second-order valence-electron chi connectivity index (χ2n) is 14.0. The van der Waals surface area contributed by atoms with Gasteiger partial charge in [0.2, 0.25) is 29.4 Å². The Morgan fingerprint density at radius 2 is 1.40 bits per heavy atom. The molecule has 15 heteroatoms. The van der Waals surface area contributed by atoms with Crippen molar-refractivity contribution in [3.63, 3.8) is 0 Å². The molecule has 0 saturated heterocycles. The van der Waals surface area contributed by atoms with Crippen molar-refractivity contribution in [1.29, 1.82) is 0 Å². The number of Topliss-reactive ketones (excluding diaryl/α,β-unsaturated/α-hetero) is 1. The highest BCUT2D eigenvalue weighted by Crippen LogP contribution is 2.27. The minimum absolute atomic E-state index is 0.0391. The number of hydrogen-bond donors (Lipinski definition) is 7. The van der Waals surface area contributed by atoms with Gasteiger partial charge in [-0.25, -0.2) is 4.79 Å². The fourth-order valence-corrected chi connectivity index (χ4v) is 6.23. The first-order chi connectivity index (χ1) is 24.6. The molecule has 0 aromatic heterocycles. The van der Waals surface area contributed by atoms with Crippen LogP contribution in [0.1, 0.15) is 110 Å². The van der Waals surface area contributed by atoms with Crippen LogP contribution in [0, 0.1) is 17.8 Å². The van der Waals surface area contributed by atoms with Crippen molar-refractivity contribution in [1.82, 2.24) is 26.6 Å². The van der Waals surface area contributed by atoms with Gasteiger partial charge in [0.15, 0.2) is 6.04 Å². The Balaban J connectivity index is 2.11. The predicted molar refractivity (Wildman–Crippen MR) is 190 cm³/mol. The maximum Gasteiger partial charge on any atom is 0.330 e. The standard InChI is InChI=1S/C37H55N5O10/c1-5-12-26(33(47)36(50)38-21-29(44)42-32(37(51)52)25-15-10-7-11-16-25)39-34(48)27(19-22(2)3)40-35(49)31(24-13-8-6-9-14-24)41-28(43)20-23(4)17-18-30(45)46/h7,10-11,15-16,22-24,26-27,31-32H,5-6,8-9,12-14,17-21H2,1-4H3,(H,38,50)(H,39,48)(H,40,49)(H,41,43)(H,42,44)(H,45,46)(H,51,52)/t23?,26?,27-,31-,32-/m0/s1. The van der Waals surface area contributed by atoms with Gasteiger partial charge in [-0.2, -0.15) is 0 Å². The molecule has 1 aliphatic carbocycles. The summed E-state index contributed by atoms with van der Waals surface area (Å²) >= 11 is 0. The van der Waals surface area contributed by atoms with Gasteiger partial charge in [0.25, 0.3) is 5.91 Å². The summed E-state index contributed by atoms with van der Waals surface area (Å²) < 4.78 is 0. The van der Waals surface area contributed by atoms with Crippen LogP contribution in [0.25, 0.3) is 0 Å². The van der Waals surface area contributed by atoms with E-state index in [1.165, 1.54) is 12.1 Å². The van der Waals surface area contributed by atoms with Gasteiger partial charge in [-0.1, -0.05) is 83.7 Å². The number of nitrogens with one attached hydrogen (secondary N) is 5. The minimum Gasteiger partial charge on any atom is -0.481 e. The normalized spacial score (nSPS) is 15.9. The van der Waals surface area contributed by atoms with E-state index >= 15 is 0 Å². The van der Waals surface area contributed by atoms with Gasteiger partial charge in [0.05, 0.1) is 12.6 Å². The number of carboxylic acid groups (broad SMARTS) is 2. The lowest BCUT2D eigenvalue weighted by molar-refractivity contribution is -0.142. The number of carbonyl (C=O) groups is 8. The van der Waals surface area contributed by atoms with Gasteiger partial charge >= 0.3 is 11.9 Å². The molecule has 0 bridgehead atoms. The number of benzene rings is 1. The first-order valence-electron chi connectivity index (χ1n) is 18.1. The quantitative estimate of drug-likeness (QED) is 0.0861. The third-order valence-electron chi connectivity index (χ3n) is 8.97.